The van der Waals surface area contributed by atoms with Gasteiger partial charge >= 0.3 is 0 Å². The molecule has 0 aromatic heterocycles. The number of hydrogen-bond donors (Lipinski definition) is 0. The van der Waals surface area contributed by atoms with E-state index in [1.807, 2.05) is 18.2 Å². The van der Waals surface area contributed by atoms with Crippen LogP contribution in [0.1, 0.15) is 19.4 Å². The highest BCUT2D eigenvalue weighted by molar-refractivity contribution is 5.34. The van der Waals surface area contributed by atoms with Crippen LogP contribution >= 0.6 is 0 Å². The van der Waals surface area contributed by atoms with Crippen LogP contribution in [0.2, 0.25) is 0 Å². The van der Waals surface area contributed by atoms with Gasteiger partial charge in [0.1, 0.15) is 11.5 Å². The average molecular weight is 262 g/mol. The molecule has 2 aromatic rings. The number of hydrogen-bond acceptors (Lipinski definition) is 1. The summed E-state index contributed by atoms with van der Waals surface area (Å²) in [6, 6.07) is 11.2. The third kappa shape index (κ3) is 3.78. The van der Waals surface area contributed by atoms with Gasteiger partial charge in [0.2, 0.25) is 0 Å². The van der Waals surface area contributed by atoms with E-state index >= 15 is 0 Å². The molecular formula is C16H16F2O. The second-order valence-corrected chi connectivity index (χ2v) is 4.92. The Bertz CT molecular complexity index is 564. The third-order valence-corrected chi connectivity index (χ3v) is 2.67. The van der Waals surface area contributed by atoms with Gasteiger partial charge < -0.3 is 4.74 Å². The van der Waals surface area contributed by atoms with E-state index in [1.165, 1.54) is 6.07 Å². The molecule has 2 aromatic carbocycles. The van der Waals surface area contributed by atoms with Crippen LogP contribution in [-0.2, 0) is 6.42 Å². The summed E-state index contributed by atoms with van der Waals surface area (Å²) in [4.78, 5) is 0. The maximum absolute atomic E-state index is 13.1. The Hall–Kier alpha value is -1.90. The topological polar surface area (TPSA) is 9.23 Å². The minimum absolute atomic E-state index is 0.292. The number of rotatable bonds is 4. The Labute approximate surface area is 111 Å². The van der Waals surface area contributed by atoms with Gasteiger partial charge in [0.05, 0.1) is 0 Å². The Kier molecular flexibility index (Phi) is 4.15. The molecule has 0 saturated heterocycles. The van der Waals surface area contributed by atoms with Gasteiger partial charge in [-0.25, -0.2) is 8.78 Å². The molecule has 100 valence electrons. The molecule has 0 bridgehead atoms. The Morgan fingerprint density at radius 2 is 1.68 bits per heavy atom. The molecule has 0 saturated carbocycles. The predicted molar refractivity (Wildman–Crippen MR) is 71.4 cm³/mol. The lowest BCUT2D eigenvalue weighted by atomic mass is 10.0. The quantitative estimate of drug-likeness (QED) is 0.757. The molecule has 0 atom stereocenters. The molecule has 0 aliphatic carbocycles. The van der Waals surface area contributed by atoms with E-state index in [0.29, 0.717) is 17.4 Å². The number of ether oxygens (including phenoxy) is 1. The first-order valence-electron chi connectivity index (χ1n) is 6.26. The zero-order chi connectivity index (χ0) is 13.8. The van der Waals surface area contributed by atoms with Gasteiger partial charge in [0.25, 0.3) is 0 Å². The number of benzene rings is 2. The van der Waals surface area contributed by atoms with Gasteiger partial charge in [-0.15, -0.1) is 0 Å². The molecule has 0 fully saturated rings. The third-order valence-electron chi connectivity index (χ3n) is 2.67. The first kappa shape index (κ1) is 13.5. The zero-order valence-corrected chi connectivity index (χ0v) is 11.0. The molecule has 1 nitrogen and oxygen atoms in total. The van der Waals surface area contributed by atoms with Crippen molar-refractivity contribution in [3.05, 3.63) is 59.7 Å². The van der Waals surface area contributed by atoms with Crippen molar-refractivity contribution in [2.45, 2.75) is 20.3 Å². The van der Waals surface area contributed by atoms with Crippen LogP contribution in [-0.4, -0.2) is 0 Å². The van der Waals surface area contributed by atoms with Gasteiger partial charge in [0, 0.05) is 6.07 Å². The molecule has 0 N–H and O–H groups in total. The molecular weight excluding hydrogens is 246 g/mol. The van der Waals surface area contributed by atoms with Gasteiger partial charge in [-0.2, -0.15) is 0 Å². The van der Waals surface area contributed by atoms with E-state index in [2.05, 4.69) is 13.8 Å². The van der Waals surface area contributed by atoms with Gasteiger partial charge in [-0.3, -0.25) is 0 Å². The summed E-state index contributed by atoms with van der Waals surface area (Å²) in [7, 11) is 0. The lowest BCUT2D eigenvalue weighted by Gasteiger charge is -2.09. The number of halogens is 2. The second kappa shape index (κ2) is 5.83. The van der Waals surface area contributed by atoms with Crippen LogP contribution in [0.25, 0.3) is 0 Å². The molecule has 0 unspecified atom stereocenters. The molecule has 0 radical (unpaired) electrons. The summed E-state index contributed by atoms with van der Waals surface area (Å²) >= 11 is 0. The maximum Gasteiger partial charge on any atom is 0.162 e. The van der Waals surface area contributed by atoms with Crippen molar-refractivity contribution in [3.8, 4) is 11.5 Å². The lowest BCUT2D eigenvalue weighted by Crippen LogP contribution is -1.94. The standard InChI is InChI=1S/C16H16F2O/c1-11(2)8-12-4-3-5-13(9-12)19-14-6-7-15(17)16(18)10-14/h3-7,9-11H,8H2,1-2H3. The van der Waals surface area contributed by atoms with Crippen molar-refractivity contribution in [2.75, 3.05) is 0 Å². The van der Waals surface area contributed by atoms with E-state index in [-0.39, 0.29) is 0 Å². The maximum atomic E-state index is 13.1. The molecule has 0 amide bonds. The Morgan fingerprint density at radius 1 is 0.947 bits per heavy atom. The van der Waals surface area contributed by atoms with Crippen LogP contribution in [0.3, 0.4) is 0 Å². The summed E-state index contributed by atoms with van der Waals surface area (Å²) in [6.07, 6.45) is 0.953. The van der Waals surface area contributed by atoms with E-state index in [4.69, 9.17) is 4.74 Å². The van der Waals surface area contributed by atoms with Crippen molar-refractivity contribution in [2.24, 2.45) is 5.92 Å². The van der Waals surface area contributed by atoms with Gasteiger partial charge in [-0.1, -0.05) is 26.0 Å². The average Bonchev–Trinajstić information content (AvgIpc) is 2.33. The molecule has 2 rings (SSSR count). The second-order valence-electron chi connectivity index (χ2n) is 4.92. The van der Waals surface area contributed by atoms with Crippen LogP contribution in [0.4, 0.5) is 8.78 Å². The van der Waals surface area contributed by atoms with Crippen LogP contribution in [0.5, 0.6) is 11.5 Å². The zero-order valence-electron chi connectivity index (χ0n) is 11.0. The fraction of sp³-hybridized carbons (Fsp3) is 0.250. The molecule has 3 heteroatoms. The van der Waals surface area contributed by atoms with Crippen molar-refractivity contribution in [3.63, 3.8) is 0 Å². The largest absolute Gasteiger partial charge is 0.457 e. The SMILES string of the molecule is CC(C)Cc1cccc(Oc2ccc(F)c(F)c2)c1. The highest BCUT2D eigenvalue weighted by Crippen LogP contribution is 2.24. The van der Waals surface area contributed by atoms with Gasteiger partial charge in [0.15, 0.2) is 11.6 Å². The fourth-order valence-corrected chi connectivity index (χ4v) is 1.88. The van der Waals surface area contributed by atoms with Crippen LogP contribution in [0, 0.1) is 17.6 Å². The van der Waals surface area contributed by atoms with E-state index in [9.17, 15) is 8.78 Å². The molecule has 0 spiro atoms. The summed E-state index contributed by atoms with van der Waals surface area (Å²) in [5.74, 6) is -0.306. The molecule has 19 heavy (non-hydrogen) atoms. The normalized spacial score (nSPS) is 10.8. The first-order chi connectivity index (χ1) is 9.04. The first-order valence-corrected chi connectivity index (χ1v) is 6.26. The summed E-state index contributed by atoms with van der Waals surface area (Å²) < 4.78 is 31.4. The highest BCUT2D eigenvalue weighted by Gasteiger charge is 2.05. The summed E-state index contributed by atoms with van der Waals surface area (Å²) in [5, 5.41) is 0. The minimum Gasteiger partial charge on any atom is -0.457 e. The van der Waals surface area contributed by atoms with Crippen molar-refractivity contribution >= 4 is 0 Å². The molecule has 0 heterocycles. The molecule has 0 aliphatic heterocycles. The van der Waals surface area contributed by atoms with Crippen molar-refractivity contribution < 1.29 is 13.5 Å². The predicted octanol–water partition coefficient (Wildman–Crippen LogP) is 4.96. The lowest BCUT2D eigenvalue weighted by molar-refractivity contribution is 0.461. The Balaban J connectivity index is 2.16. The summed E-state index contributed by atoms with van der Waals surface area (Å²) in [6.45, 7) is 4.28. The summed E-state index contributed by atoms with van der Waals surface area (Å²) in [5.41, 5.74) is 1.16. The smallest absolute Gasteiger partial charge is 0.162 e. The van der Waals surface area contributed by atoms with Gasteiger partial charge in [-0.05, 0) is 42.2 Å². The van der Waals surface area contributed by atoms with E-state index in [1.54, 1.807) is 6.07 Å². The monoisotopic (exact) mass is 262 g/mol. The van der Waals surface area contributed by atoms with E-state index < -0.39 is 11.6 Å². The van der Waals surface area contributed by atoms with Crippen molar-refractivity contribution in [1.29, 1.82) is 0 Å². The van der Waals surface area contributed by atoms with Crippen LogP contribution in [0.15, 0.2) is 42.5 Å². The highest BCUT2D eigenvalue weighted by atomic mass is 19.2. The Morgan fingerprint density at radius 3 is 2.37 bits per heavy atom. The fourth-order valence-electron chi connectivity index (χ4n) is 1.88. The van der Waals surface area contributed by atoms with Crippen molar-refractivity contribution in [1.82, 2.24) is 0 Å². The van der Waals surface area contributed by atoms with Crippen LogP contribution < -0.4 is 4.74 Å². The minimum atomic E-state index is -0.907. The van der Waals surface area contributed by atoms with E-state index in [0.717, 1.165) is 24.1 Å². The molecule has 0 aliphatic rings.